The largest absolute Gasteiger partial charge is 0.353 e. The van der Waals surface area contributed by atoms with Crippen LogP contribution in [0.5, 0.6) is 0 Å². The molecule has 0 spiro atoms. The topological polar surface area (TPSA) is 18.5 Å². The van der Waals surface area contributed by atoms with E-state index in [9.17, 15) is 4.39 Å². The number of hydrogen-bond donors (Lipinski definition) is 0. The maximum Gasteiger partial charge on any atom is 0.167 e. The summed E-state index contributed by atoms with van der Waals surface area (Å²) >= 11 is 0. The Morgan fingerprint density at radius 2 is 1.46 bits per heavy atom. The molecule has 0 amide bonds. The lowest BCUT2D eigenvalue weighted by molar-refractivity contribution is -0.164. The first-order chi connectivity index (χ1) is 17.9. The van der Waals surface area contributed by atoms with E-state index in [1.807, 2.05) is 37.3 Å². The number of benzene rings is 3. The number of rotatable bonds is 10. The molecule has 0 aromatic heterocycles. The van der Waals surface area contributed by atoms with Crippen molar-refractivity contribution in [2.75, 3.05) is 13.2 Å². The molecule has 4 rings (SSSR count). The van der Waals surface area contributed by atoms with E-state index in [1.54, 1.807) is 0 Å². The lowest BCUT2D eigenvalue weighted by Gasteiger charge is -2.29. The molecule has 1 heterocycles. The van der Waals surface area contributed by atoms with Crippen molar-refractivity contribution in [2.24, 2.45) is 0 Å². The van der Waals surface area contributed by atoms with Crippen LogP contribution in [0.4, 0.5) is 17.6 Å². The van der Waals surface area contributed by atoms with Crippen molar-refractivity contribution in [3.63, 3.8) is 0 Å². The summed E-state index contributed by atoms with van der Waals surface area (Å²) < 4.78 is 71.0. The molecule has 3 aromatic rings. The van der Waals surface area contributed by atoms with E-state index in [0.29, 0.717) is 25.9 Å². The fourth-order valence-corrected chi connectivity index (χ4v) is 4.79. The molecule has 1 saturated heterocycles. The molecule has 0 aliphatic carbocycles. The summed E-state index contributed by atoms with van der Waals surface area (Å²) in [5.41, 5.74) is 1.96. The second-order valence-electron chi connectivity index (χ2n) is 9.37. The number of aryl methyl sites for hydroxylation is 3. The molecule has 2 nitrogen and oxygen atoms in total. The van der Waals surface area contributed by atoms with Crippen LogP contribution in [0.2, 0.25) is 0 Å². The summed E-state index contributed by atoms with van der Waals surface area (Å²) in [4.78, 5) is 0. The van der Waals surface area contributed by atoms with Crippen LogP contribution in [0.3, 0.4) is 0 Å². The Morgan fingerprint density at radius 3 is 2.08 bits per heavy atom. The molecule has 1 aliphatic rings. The lowest BCUT2D eigenvalue weighted by atomic mass is 9.90. The molecule has 1 fully saturated rings. The Bertz CT molecular complexity index is 1210. The SMILES string of the molecule is C=CCCc1ccc(CCc2ccc(-c3ccc(C4CCC(OCC)OC4)c(F)c3F)c(F)c2F)cc1. The van der Waals surface area contributed by atoms with Gasteiger partial charge in [0.1, 0.15) is 0 Å². The van der Waals surface area contributed by atoms with Crippen molar-refractivity contribution in [2.45, 2.75) is 57.7 Å². The molecular formula is C31H32F4O2. The van der Waals surface area contributed by atoms with Crippen LogP contribution in [0.15, 0.2) is 61.2 Å². The average Bonchev–Trinajstić information content (AvgIpc) is 2.91. The minimum Gasteiger partial charge on any atom is -0.353 e. The highest BCUT2D eigenvalue weighted by atomic mass is 19.2. The molecular weight excluding hydrogens is 480 g/mol. The molecule has 2 unspecified atom stereocenters. The minimum absolute atomic E-state index is 0.171. The standard InChI is InChI=1S/C31H32F4O2/c1-3-5-6-20-7-9-21(10-8-20)11-12-22-13-15-25(30(34)28(22)32)26-17-16-24(29(33)31(26)35)23-14-18-27(36-4-2)37-19-23/h3,7-10,13,15-17,23,27H,1,4-6,11-12,14,18-19H2,2H3. The predicted octanol–water partition coefficient (Wildman–Crippen LogP) is 8.07. The summed E-state index contributed by atoms with van der Waals surface area (Å²) in [5.74, 6) is -4.79. The van der Waals surface area contributed by atoms with Gasteiger partial charge < -0.3 is 9.47 Å². The van der Waals surface area contributed by atoms with Crippen molar-refractivity contribution >= 4 is 0 Å². The zero-order chi connectivity index (χ0) is 26.4. The highest BCUT2D eigenvalue weighted by Crippen LogP contribution is 2.36. The Kier molecular flexibility index (Phi) is 9.17. The number of hydrogen-bond acceptors (Lipinski definition) is 2. The van der Waals surface area contributed by atoms with Gasteiger partial charge >= 0.3 is 0 Å². The first-order valence-corrected chi connectivity index (χ1v) is 12.8. The summed E-state index contributed by atoms with van der Waals surface area (Å²) in [7, 11) is 0. The van der Waals surface area contributed by atoms with E-state index < -0.39 is 23.3 Å². The maximum absolute atomic E-state index is 15.1. The van der Waals surface area contributed by atoms with E-state index in [4.69, 9.17) is 9.47 Å². The predicted molar refractivity (Wildman–Crippen MR) is 137 cm³/mol. The molecule has 0 radical (unpaired) electrons. The van der Waals surface area contributed by atoms with Gasteiger partial charge in [-0.15, -0.1) is 6.58 Å². The number of ether oxygens (including phenoxy) is 2. The van der Waals surface area contributed by atoms with Gasteiger partial charge in [-0.1, -0.05) is 54.6 Å². The highest BCUT2D eigenvalue weighted by molar-refractivity contribution is 5.66. The first-order valence-electron chi connectivity index (χ1n) is 12.8. The van der Waals surface area contributed by atoms with Crippen LogP contribution in [-0.4, -0.2) is 19.5 Å². The van der Waals surface area contributed by atoms with Gasteiger partial charge in [-0.05, 0) is 67.7 Å². The van der Waals surface area contributed by atoms with Crippen molar-refractivity contribution < 1.29 is 27.0 Å². The summed E-state index contributed by atoms with van der Waals surface area (Å²) in [6.45, 7) is 6.30. The highest BCUT2D eigenvalue weighted by Gasteiger charge is 2.28. The minimum atomic E-state index is -1.19. The van der Waals surface area contributed by atoms with Crippen LogP contribution in [0.25, 0.3) is 11.1 Å². The average molecular weight is 513 g/mol. The zero-order valence-corrected chi connectivity index (χ0v) is 21.0. The summed E-state index contributed by atoms with van der Waals surface area (Å²) in [6.07, 6.45) is 5.30. The summed E-state index contributed by atoms with van der Waals surface area (Å²) in [5, 5.41) is 0. The molecule has 0 bridgehead atoms. The Labute approximate surface area is 215 Å². The molecule has 6 heteroatoms. The number of halogens is 4. The molecule has 0 saturated carbocycles. The molecule has 196 valence electrons. The molecule has 3 aromatic carbocycles. The molecule has 1 aliphatic heterocycles. The van der Waals surface area contributed by atoms with Crippen molar-refractivity contribution in [1.29, 1.82) is 0 Å². The van der Waals surface area contributed by atoms with Gasteiger partial charge in [0.15, 0.2) is 29.6 Å². The third kappa shape index (κ3) is 6.31. The molecule has 0 N–H and O–H groups in total. The molecule has 2 atom stereocenters. The van der Waals surface area contributed by atoms with Gasteiger partial charge in [-0.25, -0.2) is 17.6 Å². The third-order valence-electron chi connectivity index (χ3n) is 6.93. The fraction of sp³-hybridized carbons (Fsp3) is 0.355. The Morgan fingerprint density at radius 1 is 0.811 bits per heavy atom. The van der Waals surface area contributed by atoms with Gasteiger partial charge in [0.05, 0.1) is 6.61 Å². The van der Waals surface area contributed by atoms with E-state index in [2.05, 4.69) is 6.58 Å². The van der Waals surface area contributed by atoms with Crippen LogP contribution in [0, 0.1) is 23.3 Å². The van der Waals surface area contributed by atoms with Gasteiger partial charge in [0.25, 0.3) is 0 Å². The maximum atomic E-state index is 15.1. The number of allylic oxidation sites excluding steroid dienone is 1. The van der Waals surface area contributed by atoms with Gasteiger partial charge in [0, 0.05) is 23.7 Å². The smallest absolute Gasteiger partial charge is 0.167 e. The lowest BCUT2D eigenvalue weighted by Crippen LogP contribution is -2.27. The van der Waals surface area contributed by atoms with Crippen molar-refractivity contribution in [3.8, 4) is 11.1 Å². The van der Waals surface area contributed by atoms with Crippen LogP contribution >= 0.6 is 0 Å². The summed E-state index contributed by atoms with van der Waals surface area (Å²) in [6, 6.07) is 13.5. The van der Waals surface area contributed by atoms with E-state index in [1.165, 1.54) is 29.8 Å². The quantitative estimate of drug-likeness (QED) is 0.202. The Balaban J connectivity index is 1.47. The van der Waals surface area contributed by atoms with Crippen LogP contribution < -0.4 is 0 Å². The van der Waals surface area contributed by atoms with Gasteiger partial charge in [-0.3, -0.25) is 0 Å². The zero-order valence-electron chi connectivity index (χ0n) is 21.0. The third-order valence-corrected chi connectivity index (χ3v) is 6.93. The second kappa shape index (κ2) is 12.5. The van der Waals surface area contributed by atoms with E-state index in [-0.39, 0.29) is 47.5 Å². The fourth-order valence-electron chi connectivity index (χ4n) is 4.79. The monoisotopic (exact) mass is 512 g/mol. The van der Waals surface area contributed by atoms with Crippen LogP contribution in [0.1, 0.15) is 54.4 Å². The van der Waals surface area contributed by atoms with E-state index >= 15 is 13.2 Å². The Hall–Kier alpha value is -2.96. The first kappa shape index (κ1) is 27.1. The van der Waals surface area contributed by atoms with E-state index in [0.717, 1.165) is 18.4 Å². The normalized spacial score (nSPS) is 17.6. The second-order valence-corrected chi connectivity index (χ2v) is 9.37. The van der Waals surface area contributed by atoms with Crippen LogP contribution in [-0.2, 0) is 28.7 Å². The van der Waals surface area contributed by atoms with Crippen molar-refractivity contribution in [3.05, 3.63) is 107 Å². The molecule has 37 heavy (non-hydrogen) atoms. The van der Waals surface area contributed by atoms with Crippen molar-refractivity contribution in [1.82, 2.24) is 0 Å². The van der Waals surface area contributed by atoms with Gasteiger partial charge in [-0.2, -0.15) is 0 Å². The van der Waals surface area contributed by atoms with Gasteiger partial charge in [0.2, 0.25) is 0 Å².